The van der Waals surface area contributed by atoms with Gasteiger partial charge in [-0.1, -0.05) is 6.07 Å². The van der Waals surface area contributed by atoms with Crippen LogP contribution in [0.15, 0.2) is 45.5 Å². The molecule has 1 aliphatic rings. The van der Waals surface area contributed by atoms with E-state index in [4.69, 9.17) is 19.9 Å². The molecule has 0 saturated heterocycles. The Morgan fingerprint density at radius 3 is 2.68 bits per heavy atom. The summed E-state index contributed by atoms with van der Waals surface area (Å²) in [6.45, 7) is 5.98. The van der Waals surface area contributed by atoms with Crippen LogP contribution in [-0.2, 0) is 14.3 Å². The van der Waals surface area contributed by atoms with Gasteiger partial charge < -0.3 is 19.9 Å². The number of hydrogen-bond acceptors (Lipinski definition) is 6. The van der Waals surface area contributed by atoms with Crippen molar-refractivity contribution in [1.82, 2.24) is 0 Å². The fraction of sp³-hybridized carbons (Fsp3) is 0.333. The second-order valence-corrected chi connectivity index (χ2v) is 6.09. The van der Waals surface area contributed by atoms with E-state index in [9.17, 15) is 10.1 Å². The highest BCUT2D eigenvalue weighted by molar-refractivity contribution is 9.10. The predicted octanol–water partition coefficient (Wildman–Crippen LogP) is 3.49. The summed E-state index contributed by atoms with van der Waals surface area (Å²) >= 11 is 3.46. The van der Waals surface area contributed by atoms with Crippen molar-refractivity contribution in [3.05, 3.63) is 51.0 Å². The number of benzene rings is 1. The number of carbonyl (C=O) groups is 1. The average molecular weight is 407 g/mol. The number of rotatable bonds is 5. The Bertz CT molecular complexity index is 793. The highest BCUT2D eigenvalue weighted by atomic mass is 79.9. The van der Waals surface area contributed by atoms with Crippen LogP contribution in [0.5, 0.6) is 5.75 Å². The summed E-state index contributed by atoms with van der Waals surface area (Å²) in [7, 11) is 0. The molecule has 0 saturated carbocycles. The van der Waals surface area contributed by atoms with E-state index in [1.807, 2.05) is 6.92 Å². The molecule has 1 heterocycles. The van der Waals surface area contributed by atoms with Gasteiger partial charge in [-0.25, -0.2) is 4.79 Å². The van der Waals surface area contributed by atoms with E-state index in [0.29, 0.717) is 23.7 Å². The molecule has 0 aliphatic carbocycles. The smallest absolute Gasteiger partial charge is 0.338 e. The lowest BCUT2D eigenvalue weighted by atomic mass is 9.83. The molecule has 1 unspecified atom stereocenters. The summed E-state index contributed by atoms with van der Waals surface area (Å²) in [4.78, 5) is 12.4. The van der Waals surface area contributed by atoms with Crippen LogP contribution in [0.1, 0.15) is 32.3 Å². The first-order chi connectivity index (χ1) is 11.9. The molecule has 0 bridgehead atoms. The fourth-order valence-corrected chi connectivity index (χ4v) is 3.17. The molecule has 132 valence electrons. The van der Waals surface area contributed by atoms with Crippen LogP contribution in [0.25, 0.3) is 0 Å². The van der Waals surface area contributed by atoms with Gasteiger partial charge in [0, 0.05) is 0 Å². The van der Waals surface area contributed by atoms with Crippen LogP contribution in [0, 0.1) is 11.3 Å². The van der Waals surface area contributed by atoms with Gasteiger partial charge in [0.1, 0.15) is 23.2 Å². The van der Waals surface area contributed by atoms with Crippen molar-refractivity contribution < 1.29 is 19.0 Å². The minimum atomic E-state index is -0.662. The Morgan fingerprint density at radius 1 is 1.40 bits per heavy atom. The molecular weight excluding hydrogens is 388 g/mol. The van der Waals surface area contributed by atoms with Crippen LogP contribution in [0.2, 0.25) is 0 Å². The molecule has 2 rings (SSSR count). The predicted molar refractivity (Wildman–Crippen MR) is 95.3 cm³/mol. The first-order valence-corrected chi connectivity index (χ1v) is 8.61. The third-order valence-electron chi connectivity index (χ3n) is 3.69. The van der Waals surface area contributed by atoms with Gasteiger partial charge in [0.05, 0.1) is 29.2 Å². The third-order valence-corrected chi connectivity index (χ3v) is 4.31. The van der Waals surface area contributed by atoms with Crippen molar-refractivity contribution in [2.24, 2.45) is 5.73 Å². The summed E-state index contributed by atoms with van der Waals surface area (Å²) in [5.41, 5.74) is 7.02. The summed E-state index contributed by atoms with van der Waals surface area (Å²) in [5, 5.41) is 9.54. The first-order valence-electron chi connectivity index (χ1n) is 7.82. The zero-order valence-electron chi connectivity index (χ0n) is 14.3. The Labute approximate surface area is 155 Å². The molecule has 25 heavy (non-hydrogen) atoms. The lowest BCUT2D eigenvalue weighted by Crippen LogP contribution is -2.25. The van der Waals surface area contributed by atoms with Gasteiger partial charge in [0.25, 0.3) is 0 Å². The van der Waals surface area contributed by atoms with Crippen LogP contribution in [-0.4, -0.2) is 19.2 Å². The number of esters is 1. The molecule has 0 aromatic heterocycles. The molecule has 1 atom stereocenters. The Balaban J connectivity index is 2.58. The first kappa shape index (κ1) is 18.9. The molecule has 1 aromatic carbocycles. The molecule has 0 radical (unpaired) electrons. The number of ether oxygens (including phenoxy) is 3. The number of nitrogens with zero attached hydrogens (tertiary/aromatic N) is 1. The van der Waals surface area contributed by atoms with E-state index in [0.717, 1.165) is 4.47 Å². The number of hydrogen-bond donors (Lipinski definition) is 1. The lowest BCUT2D eigenvalue weighted by Gasteiger charge is -2.27. The Kier molecular flexibility index (Phi) is 6.10. The largest absolute Gasteiger partial charge is 0.493 e. The van der Waals surface area contributed by atoms with E-state index >= 15 is 0 Å². The molecule has 0 spiro atoms. The van der Waals surface area contributed by atoms with Crippen molar-refractivity contribution in [2.75, 3.05) is 13.2 Å². The minimum Gasteiger partial charge on any atom is -0.493 e. The van der Waals surface area contributed by atoms with Gasteiger partial charge in [-0.15, -0.1) is 0 Å². The maximum Gasteiger partial charge on any atom is 0.338 e. The zero-order chi connectivity index (χ0) is 18.6. The third kappa shape index (κ3) is 3.80. The van der Waals surface area contributed by atoms with Crippen LogP contribution in [0.3, 0.4) is 0 Å². The molecular formula is C18H19BrN2O4. The Morgan fingerprint density at radius 2 is 2.12 bits per heavy atom. The highest BCUT2D eigenvalue weighted by Gasteiger charge is 2.36. The summed E-state index contributed by atoms with van der Waals surface area (Å²) < 4.78 is 16.8. The zero-order valence-corrected chi connectivity index (χ0v) is 15.8. The summed E-state index contributed by atoms with van der Waals surface area (Å²) in [5.74, 6) is -0.208. The van der Waals surface area contributed by atoms with Gasteiger partial charge in [0.2, 0.25) is 5.88 Å². The molecule has 2 N–H and O–H groups in total. The molecule has 1 aromatic rings. The molecule has 7 heteroatoms. The summed E-state index contributed by atoms with van der Waals surface area (Å²) in [6, 6.07) is 7.43. The molecule has 6 nitrogen and oxygen atoms in total. The Hall–Kier alpha value is -2.46. The number of nitriles is 1. The monoisotopic (exact) mass is 406 g/mol. The summed E-state index contributed by atoms with van der Waals surface area (Å²) in [6.07, 6.45) is 0. The SMILES string of the molecule is CCOC(=O)C1=C(C)OC(N)=C(C#N)C1c1ccc(OCC)c(Br)c1. The highest BCUT2D eigenvalue weighted by Crippen LogP contribution is 2.41. The number of halogens is 1. The van der Waals surface area contributed by atoms with E-state index in [2.05, 4.69) is 22.0 Å². The van der Waals surface area contributed by atoms with E-state index in [1.165, 1.54) is 0 Å². The van der Waals surface area contributed by atoms with E-state index < -0.39 is 11.9 Å². The van der Waals surface area contributed by atoms with Crippen molar-refractivity contribution >= 4 is 21.9 Å². The van der Waals surface area contributed by atoms with Crippen LogP contribution >= 0.6 is 15.9 Å². The molecule has 0 fully saturated rings. The lowest BCUT2D eigenvalue weighted by molar-refractivity contribution is -0.139. The van der Waals surface area contributed by atoms with Gasteiger partial charge in [0.15, 0.2) is 0 Å². The number of carbonyl (C=O) groups excluding carboxylic acids is 1. The van der Waals surface area contributed by atoms with Crippen LogP contribution in [0.4, 0.5) is 0 Å². The van der Waals surface area contributed by atoms with Crippen molar-refractivity contribution in [3.63, 3.8) is 0 Å². The second kappa shape index (κ2) is 8.08. The fourth-order valence-electron chi connectivity index (χ4n) is 2.66. The number of nitrogens with two attached hydrogens (primary N) is 1. The van der Waals surface area contributed by atoms with E-state index in [1.54, 1.807) is 32.0 Å². The normalized spacial score (nSPS) is 17.0. The van der Waals surface area contributed by atoms with E-state index in [-0.39, 0.29) is 23.6 Å². The molecule has 0 amide bonds. The van der Waals surface area contributed by atoms with Crippen molar-refractivity contribution in [1.29, 1.82) is 5.26 Å². The second-order valence-electron chi connectivity index (χ2n) is 5.24. The van der Waals surface area contributed by atoms with Gasteiger partial charge in [-0.05, 0) is 54.4 Å². The maximum absolute atomic E-state index is 12.4. The maximum atomic E-state index is 12.4. The van der Waals surface area contributed by atoms with Crippen LogP contribution < -0.4 is 10.5 Å². The minimum absolute atomic E-state index is 0.0111. The van der Waals surface area contributed by atoms with Crippen molar-refractivity contribution in [3.8, 4) is 11.8 Å². The quantitative estimate of drug-likeness (QED) is 0.751. The van der Waals surface area contributed by atoms with Crippen molar-refractivity contribution in [2.45, 2.75) is 26.7 Å². The van der Waals surface area contributed by atoms with Gasteiger partial charge in [-0.2, -0.15) is 5.26 Å². The number of allylic oxidation sites excluding steroid dienone is 2. The topological polar surface area (TPSA) is 94.6 Å². The van der Waals surface area contributed by atoms with Gasteiger partial charge >= 0.3 is 5.97 Å². The molecule has 1 aliphatic heterocycles. The average Bonchev–Trinajstić information content (AvgIpc) is 2.56. The van der Waals surface area contributed by atoms with Gasteiger partial charge in [-0.3, -0.25) is 0 Å². The standard InChI is InChI=1S/C18H19BrN2O4/c1-4-23-14-7-6-11(8-13(14)19)16-12(9-20)17(21)25-10(3)15(16)18(22)24-5-2/h6-8,16H,4-5,21H2,1-3H3.